The van der Waals surface area contributed by atoms with Gasteiger partial charge in [0.1, 0.15) is 0 Å². The summed E-state index contributed by atoms with van der Waals surface area (Å²) in [5.74, 6) is 0.00488. The highest BCUT2D eigenvalue weighted by Gasteiger charge is 2.31. The predicted octanol–water partition coefficient (Wildman–Crippen LogP) is 2.02. The van der Waals surface area contributed by atoms with Crippen LogP contribution in [0.2, 0.25) is 0 Å². The molecule has 3 nitrogen and oxygen atoms in total. The summed E-state index contributed by atoms with van der Waals surface area (Å²) in [5.41, 5.74) is -0.741. The number of thiol groups is 1. The van der Waals surface area contributed by atoms with Crippen molar-refractivity contribution in [2.45, 2.75) is 30.3 Å². The maximum Gasteiger partial charge on any atom is 0.264 e. The summed E-state index contributed by atoms with van der Waals surface area (Å²) >= 11 is 5.59. The largest absolute Gasteiger partial charge is 0.388 e. The van der Waals surface area contributed by atoms with Gasteiger partial charge in [-0.3, -0.25) is 4.79 Å². The van der Waals surface area contributed by atoms with Crippen molar-refractivity contribution in [3.05, 3.63) is 16.3 Å². The molecule has 1 fully saturated rings. The highest BCUT2D eigenvalue weighted by molar-refractivity contribution is 7.80. The molecule has 0 aliphatic carbocycles. The van der Waals surface area contributed by atoms with E-state index in [1.54, 1.807) is 17.9 Å². The molecule has 88 valence electrons. The van der Waals surface area contributed by atoms with Crippen LogP contribution in [0.1, 0.15) is 29.4 Å². The van der Waals surface area contributed by atoms with Gasteiger partial charge in [-0.25, -0.2) is 0 Å². The highest BCUT2D eigenvalue weighted by Crippen LogP contribution is 2.24. The van der Waals surface area contributed by atoms with Crippen LogP contribution in [0.4, 0.5) is 0 Å². The monoisotopic (exact) mass is 257 g/mol. The van der Waals surface area contributed by atoms with Gasteiger partial charge < -0.3 is 10.0 Å². The lowest BCUT2D eigenvalue weighted by molar-refractivity contribution is -0.0105. The van der Waals surface area contributed by atoms with Gasteiger partial charge in [-0.2, -0.15) is 0 Å². The summed E-state index contributed by atoms with van der Waals surface area (Å²) in [6, 6.07) is 1.78. The summed E-state index contributed by atoms with van der Waals surface area (Å²) in [5, 5.41) is 11.8. The van der Waals surface area contributed by atoms with E-state index in [0.29, 0.717) is 11.4 Å². The molecule has 0 saturated carbocycles. The molecule has 1 atom stereocenters. The molecule has 0 bridgehead atoms. The Morgan fingerprint density at radius 1 is 1.69 bits per heavy atom. The zero-order valence-corrected chi connectivity index (χ0v) is 10.9. The van der Waals surface area contributed by atoms with E-state index in [9.17, 15) is 9.90 Å². The fourth-order valence-corrected chi connectivity index (χ4v) is 3.10. The van der Waals surface area contributed by atoms with Gasteiger partial charge in [-0.1, -0.05) is 0 Å². The Kier molecular flexibility index (Phi) is 3.28. The van der Waals surface area contributed by atoms with Crippen molar-refractivity contribution in [1.29, 1.82) is 0 Å². The molecule has 1 N–H and O–H groups in total. The van der Waals surface area contributed by atoms with Gasteiger partial charge in [0, 0.05) is 23.4 Å². The van der Waals surface area contributed by atoms with E-state index in [1.165, 1.54) is 11.3 Å². The molecule has 2 heterocycles. The van der Waals surface area contributed by atoms with Gasteiger partial charge in [0.15, 0.2) is 0 Å². The fourth-order valence-electron chi connectivity index (χ4n) is 1.99. The number of hydrogen-bond acceptors (Lipinski definition) is 4. The number of thiophene rings is 1. The number of carbonyl (C=O) groups is 1. The van der Waals surface area contributed by atoms with E-state index >= 15 is 0 Å². The number of likely N-dealkylation sites (tertiary alicyclic amines) is 1. The highest BCUT2D eigenvalue weighted by atomic mass is 32.1. The SMILES string of the molecule is CC1(O)CCCN(C(=O)c2cc(S)cs2)C1. The third-order valence-electron chi connectivity index (χ3n) is 2.76. The van der Waals surface area contributed by atoms with E-state index in [1.807, 2.05) is 5.38 Å². The number of hydrogen-bond donors (Lipinski definition) is 2. The number of amides is 1. The Morgan fingerprint density at radius 2 is 2.44 bits per heavy atom. The van der Waals surface area contributed by atoms with E-state index in [2.05, 4.69) is 12.6 Å². The van der Waals surface area contributed by atoms with Crippen molar-refractivity contribution in [2.24, 2.45) is 0 Å². The molecule has 0 radical (unpaired) electrons. The number of carbonyl (C=O) groups excluding carboxylic acids is 1. The molecule has 0 aromatic carbocycles. The van der Waals surface area contributed by atoms with Gasteiger partial charge in [-0.05, 0) is 25.8 Å². The fraction of sp³-hybridized carbons (Fsp3) is 0.545. The Balaban J connectivity index is 2.10. The Hall–Kier alpha value is -0.520. The Morgan fingerprint density at radius 3 is 3.00 bits per heavy atom. The minimum Gasteiger partial charge on any atom is -0.388 e. The average Bonchev–Trinajstić information content (AvgIpc) is 2.62. The maximum atomic E-state index is 12.1. The number of nitrogens with zero attached hydrogens (tertiary/aromatic N) is 1. The zero-order valence-electron chi connectivity index (χ0n) is 9.14. The number of piperidine rings is 1. The lowest BCUT2D eigenvalue weighted by Gasteiger charge is -2.36. The topological polar surface area (TPSA) is 40.5 Å². The van der Waals surface area contributed by atoms with Crippen LogP contribution in [0.15, 0.2) is 16.3 Å². The number of β-amino-alcohol motifs (C(OH)–C–C–N with tert-alkyl or cyclic N) is 1. The molecule has 1 aliphatic rings. The van der Waals surface area contributed by atoms with Gasteiger partial charge in [0.05, 0.1) is 10.5 Å². The van der Waals surface area contributed by atoms with Gasteiger partial charge in [-0.15, -0.1) is 24.0 Å². The van der Waals surface area contributed by atoms with Gasteiger partial charge >= 0.3 is 0 Å². The molecular formula is C11H15NO2S2. The minimum absolute atomic E-state index is 0.00488. The van der Waals surface area contributed by atoms with Crippen LogP contribution in [0, 0.1) is 0 Å². The molecule has 16 heavy (non-hydrogen) atoms. The van der Waals surface area contributed by atoms with Crippen molar-refractivity contribution in [1.82, 2.24) is 4.90 Å². The first kappa shape index (κ1) is 12.0. The van der Waals surface area contributed by atoms with Crippen molar-refractivity contribution in [3.63, 3.8) is 0 Å². The van der Waals surface area contributed by atoms with Crippen molar-refractivity contribution in [2.75, 3.05) is 13.1 Å². The van der Waals surface area contributed by atoms with Crippen molar-refractivity contribution < 1.29 is 9.90 Å². The molecule has 0 spiro atoms. The van der Waals surface area contributed by atoms with Crippen LogP contribution < -0.4 is 0 Å². The summed E-state index contributed by atoms with van der Waals surface area (Å²) in [6.45, 7) is 2.94. The number of aliphatic hydroxyl groups is 1. The van der Waals surface area contributed by atoms with Crippen LogP contribution in [0.3, 0.4) is 0 Å². The first-order valence-electron chi connectivity index (χ1n) is 5.27. The van der Waals surface area contributed by atoms with E-state index < -0.39 is 5.60 Å². The summed E-state index contributed by atoms with van der Waals surface area (Å²) in [4.78, 5) is 15.3. The van der Waals surface area contributed by atoms with E-state index in [0.717, 1.165) is 24.3 Å². The Bertz CT molecular complexity index is 400. The molecule has 1 amide bonds. The molecule has 1 aromatic rings. The van der Waals surface area contributed by atoms with Gasteiger partial charge in [0.2, 0.25) is 0 Å². The first-order valence-corrected chi connectivity index (χ1v) is 6.60. The molecule has 1 unspecified atom stereocenters. The molecular weight excluding hydrogens is 242 g/mol. The zero-order chi connectivity index (χ0) is 11.8. The lowest BCUT2D eigenvalue weighted by Crippen LogP contribution is -2.48. The number of rotatable bonds is 1. The van der Waals surface area contributed by atoms with Crippen molar-refractivity contribution >= 4 is 29.9 Å². The molecule has 5 heteroatoms. The average molecular weight is 257 g/mol. The van der Waals surface area contributed by atoms with E-state index in [4.69, 9.17) is 0 Å². The third kappa shape index (κ3) is 2.59. The summed E-state index contributed by atoms with van der Waals surface area (Å²) < 4.78 is 0. The Labute approximate surface area is 104 Å². The molecule has 1 aliphatic heterocycles. The first-order chi connectivity index (χ1) is 7.48. The second-order valence-corrected chi connectivity index (χ2v) is 5.92. The van der Waals surface area contributed by atoms with E-state index in [-0.39, 0.29) is 5.91 Å². The second-order valence-electron chi connectivity index (χ2n) is 4.50. The van der Waals surface area contributed by atoms with Gasteiger partial charge in [0.25, 0.3) is 5.91 Å². The van der Waals surface area contributed by atoms with Crippen LogP contribution in [-0.2, 0) is 0 Å². The lowest BCUT2D eigenvalue weighted by atomic mass is 9.95. The predicted molar refractivity (Wildman–Crippen MR) is 67.3 cm³/mol. The second kappa shape index (κ2) is 4.39. The van der Waals surface area contributed by atoms with Crippen LogP contribution in [-0.4, -0.2) is 34.6 Å². The van der Waals surface area contributed by atoms with Crippen LogP contribution >= 0.6 is 24.0 Å². The quantitative estimate of drug-likeness (QED) is 0.756. The smallest absolute Gasteiger partial charge is 0.264 e. The molecule has 1 saturated heterocycles. The normalized spacial score (nSPS) is 25.8. The summed E-state index contributed by atoms with van der Waals surface area (Å²) in [7, 11) is 0. The van der Waals surface area contributed by atoms with Crippen LogP contribution in [0.25, 0.3) is 0 Å². The minimum atomic E-state index is -0.741. The van der Waals surface area contributed by atoms with Crippen LogP contribution in [0.5, 0.6) is 0 Å². The van der Waals surface area contributed by atoms with Crippen molar-refractivity contribution in [3.8, 4) is 0 Å². The molecule has 1 aromatic heterocycles. The maximum absolute atomic E-state index is 12.1. The molecule has 2 rings (SSSR count). The summed E-state index contributed by atoms with van der Waals surface area (Å²) in [6.07, 6.45) is 1.62. The standard InChI is InChI=1S/C11H15NO2S2/c1-11(14)3-2-4-12(7-11)10(13)9-5-8(15)6-16-9/h5-6,14-15H,2-4,7H2,1H3. The third-order valence-corrected chi connectivity index (χ3v) is 4.11.